The molecule has 2 N–H and O–H groups in total. The van der Waals surface area contributed by atoms with Crippen LogP contribution in [0.1, 0.15) is 33.6 Å². The Hall–Kier alpha value is -0.610. The van der Waals surface area contributed by atoms with Crippen LogP contribution in [-0.4, -0.2) is 50.6 Å². The molecule has 19 heavy (non-hydrogen) atoms. The molecule has 1 rings (SSSR count). The molecule has 1 aliphatic rings. The number of hydrogen-bond acceptors (Lipinski definition) is 3. The summed E-state index contributed by atoms with van der Waals surface area (Å²) in [4.78, 5) is 14.4. The lowest BCUT2D eigenvalue weighted by atomic mass is 9.88. The maximum atomic E-state index is 12.1. The van der Waals surface area contributed by atoms with E-state index in [4.69, 9.17) is 0 Å². The summed E-state index contributed by atoms with van der Waals surface area (Å²) in [6.07, 6.45) is 2.33. The largest absolute Gasteiger partial charge is 0.354 e. The highest BCUT2D eigenvalue weighted by molar-refractivity contribution is 5.78. The van der Waals surface area contributed by atoms with Crippen molar-refractivity contribution in [3.05, 3.63) is 0 Å². The SMILES string of the molecule is CCC(CC)C(CNC(=O)C(C)C1CNC1)N(C)C. The molecule has 4 nitrogen and oxygen atoms in total. The van der Waals surface area contributed by atoms with Gasteiger partial charge in [-0.25, -0.2) is 0 Å². The maximum Gasteiger partial charge on any atom is 0.223 e. The van der Waals surface area contributed by atoms with Gasteiger partial charge in [-0.15, -0.1) is 0 Å². The molecule has 112 valence electrons. The average Bonchev–Trinajstić information content (AvgIpc) is 2.31. The molecule has 1 amide bonds. The first-order valence-electron chi connectivity index (χ1n) is 7.66. The van der Waals surface area contributed by atoms with Gasteiger partial charge in [-0.2, -0.15) is 0 Å². The second kappa shape index (κ2) is 7.85. The molecule has 1 fully saturated rings. The maximum absolute atomic E-state index is 12.1. The zero-order valence-corrected chi connectivity index (χ0v) is 13.2. The summed E-state index contributed by atoms with van der Waals surface area (Å²) in [5.74, 6) is 1.51. The van der Waals surface area contributed by atoms with Gasteiger partial charge in [-0.05, 0) is 39.0 Å². The normalized spacial score (nSPS) is 19.3. The van der Waals surface area contributed by atoms with Crippen molar-refractivity contribution < 1.29 is 4.79 Å². The van der Waals surface area contributed by atoms with E-state index in [0.717, 1.165) is 32.5 Å². The number of amides is 1. The summed E-state index contributed by atoms with van der Waals surface area (Å²) >= 11 is 0. The molecular weight excluding hydrogens is 238 g/mol. The van der Waals surface area contributed by atoms with Gasteiger partial charge in [0.15, 0.2) is 0 Å². The Morgan fingerprint density at radius 1 is 1.32 bits per heavy atom. The van der Waals surface area contributed by atoms with Gasteiger partial charge in [0.25, 0.3) is 0 Å². The topological polar surface area (TPSA) is 44.4 Å². The fourth-order valence-electron chi connectivity index (χ4n) is 2.85. The van der Waals surface area contributed by atoms with E-state index in [0.29, 0.717) is 17.9 Å². The summed E-state index contributed by atoms with van der Waals surface area (Å²) in [5, 5.41) is 6.38. The number of hydrogen-bond donors (Lipinski definition) is 2. The van der Waals surface area contributed by atoms with Gasteiger partial charge in [0.2, 0.25) is 5.91 Å². The lowest BCUT2D eigenvalue weighted by Crippen LogP contribution is -2.51. The zero-order chi connectivity index (χ0) is 14.4. The monoisotopic (exact) mass is 269 g/mol. The molecule has 0 aromatic heterocycles. The van der Waals surface area contributed by atoms with Crippen molar-refractivity contribution in [3.8, 4) is 0 Å². The zero-order valence-electron chi connectivity index (χ0n) is 13.2. The second-order valence-electron chi connectivity index (χ2n) is 6.06. The van der Waals surface area contributed by atoms with Crippen molar-refractivity contribution in [1.82, 2.24) is 15.5 Å². The Kier molecular flexibility index (Phi) is 6.80. The van der Waals surface area contributed by atoms with Gasteiger partial charge >= 0.3 is 0 Å². The fraction of sp³-hybridized carbons (Fsp3) is 0.933. The lowest BCUT2D eigenvalue weighted by Gasteiger charge is -2.34. The van der Waals surface area contributed by atoms with Crippen LogP contribution >= 0.6 is 0 Å². The fourth-order valence-corrected chi connectivity index (χ4v) is 2.85. The average molecular weight is 269 g/mol. The third-order valence-electron chi connectivity index (χ3n) is 4.68. The Labute approximate surface area is 118 Å². The van der Waals surface area contributed by atoms with Crippen LogP contribution in [0.15, 0.2) is 0 Å². The Bertz CT molecular complexity index is 273. The van der Waals surface area contributed by atoms with E-state index in [9.17, 15) is 4.79 Å². The van der Waals surface area contributed by atoms with Crippen molar-refractivity contribution in [2.45, 2.75) is 39.7 Å². The van der Waals surface area contributed by atoms with Gasteiger partial charge in [-0.1, -0.05) is 33.6 Å². The van der Waals surface area contributed by atoms with Crippen molar-refractivity contribution in [2.75, 3.05) is 33.7 Å². The minimum absolute atomic E-state index is 0.130. The molecule has 0 spiro atoms. The van der Waals surface area contributed by atoms with E-state index in [2.05, 4.69) is 43.5 Å². The quantitative estimate of drug-likeness (QED) is 0.698. The number of nitrogens with one attached hydrogen (secondary N) is 2. The van der Waals surface area contributed by atoms with Crippen LogP contribution in [0.5, 0.6) is 0 Å². The minimum atomic E-state index is 0.130. The van der Waals surface area contributed by atoms with Crippen molar-refractivity contribution in [3.63, 3.8) is 0 Å². The molecule has 0 aliphatic carbocycles. The summed E-state index contributed by atoms with van der Waals surface area (Å²) in [5.41, 5.74) is 0. The Morgan fingerprint density at radius 2 is 1.89 bits per heavy atom. The molecule has 0 aromatic carbocycles. The van der Waals surface area contributed by atoms with Crippen molar-refractivity contribution in [2.24, 2.45) is 17.8 Å². The highest BCUT2D eigenvalue weighted by atomic mass is 16.1. The second-order valence-corrected chi connectivity index (χ2v) is 6.06. The number of likely N-dealkylation sites (N-methyl/N-ethyl adjacent to an activating group) is 1. The minimum Gasteiger partial charge on any atom is -0.354 e. The van der Waals surface area contributed by atoms with E-state index >= 15 is 0 Å². The van der Waals surface area contributed by atoms with Gasteiger partial charge in [0.1, 0.15) is 0 Å². The first-order chi connectivity index (χ1) is 9.01. The Balaban J connectivity index is 2.44. The van der Waals surface area contributed by atoms with Gasteiger partial charge in [0, 0.05) is 18.5 Å². The number of carbonyl (C=O) groups is 1. The molecule has 0 aromatic rings. The molecule has 1 heterocycles. The van der Waals surface area contributed by atoms with E-state index < -0.39 is 0 Å². The first-order valence-corrected chi connectivity index (χ1v) is 7.66. The van der Waals surface area contributed by atoms with E-state index in [1.54, 1.807) is 0 Å². The highest BCUT2D eigenvalue weighted by Crippen LogP contribution is 2.18. The van der Waals surface area contributed by atoms with Crippen LogP contribution in [0.4, 0.5) is 0 Å². The smallest absolute Gasteiger partial charge is 0.223 e. The molecular formula is C15H31N3O. The van der Waals surface area contributed by atoms with Crippen molar-refractivity contribution in [1.29, 1.82) is 0 Å². The summed E-state index contributed by atoms with van der Waals surface area (Å²) in [7, 11) is 4.21. The van der Waals surface area contributed by atoms with Crippen LogP contribution in [-0.2, 0) is 4.79 Å². The van der Waals surface area contributed by atoms with Gasteiger partial charge in [-0.3, -0.25) is 4.79 Å². The van der Waals surface area contributed by atoms with Crippen LogP contribution in [0.3, 0.4) is 0 Å². The Morgan fingerprint density at radius 3 is 2.26 bits per heavy atom. The van der Waals surface area contributed by atoms with Crippen LogP contribution in [0.25, 0.3) is 0 Å². The molecule has 1 aliphatic heterocycles. The molecule has 4 heteroatoms. The third kappa shape index (κ3) is 4.46. The summed E-state index contributed by atoms with van der Waals surface area (Å²) in [6, 6.07) is 0.436. The molecule has 2 atom stereocenters. The number of carbonyl (C=O) groups excluding carboxylic acids is 1. The first kappa shape index (κ1) is 16.4. The van der Waals surface area contributed by atoms with Crippen LogP contribution in [0, 0.1) is 17.8 Å². The van der Waals surface area contributed by atoms with Crippen LogP contribution < -0.4 is 10.6 Å². The predicted octanol–water partition coefficient (Wildman–Crippen LogP) is 1.32. The van der Waals surface area contributed by atoms with Crippen LogP contribution in [0.2, 0.25) is 0 Å². The number of rotatable bonds is 8. The molecule has 0 saturated carbocycles. The standard InChI is InChI=1S/C15H31N3O/c1-6-12(7-2)14(18(4)5)10-17-15(19)11(3)13-8-16-9-13/h11-14,16H,6-10H2,1-5H3,(H,17,19). The van der Waals surface area contributed by atoms with Crippen molar-refractivity contribution >= 4 is 5.91 Å². The summed E-state index contributed by atoms with van der Waals surface area (Å²) in [6.45, 7) is 9.24. The van der Waals surface area contributed by atoms with E-state index in [-0.39, 0.29) is 11.8 Å². The lowest BCUT2D eigenvalue weighted by molar-refractivity contribution is -0.127. The molecule has 0 radical (unpaired) electrons. The van der Waals surface area contributed by atoms with E-state index in [1.165, 1.54) is 0 Å². The third-order valence-corrected chi connectivity index (χ3v) is 4.68. The predicted molar refractivity (Wildman–Crippen MR) is 80.1 cm³/mol. The van der Waals surface area contributed by atoms with Gasteiger partial charge < -0.3 is 15.5 Å². The molecule has 2 unspecified atom stereocenters. The van der Waals surface area contributed by atoms with E-state index in [1.807, 2.05) is 6.92 Å². The highest BCUT2D eigenvalue weighted by Gasteiger charge is 2.29. The number of nitrogens with zero attached hydrogens (tertiary/aromatic N) is 1. The summed E-state index contributed by atoms with van der Waals surface area (Å²) < 4.78 is 0. The molecule has 0 bridgehead atoms. The van der Waals surface area contributed by atoms with Gasteiger partial charge in [0.05, 0.1) is 0 Å². The molecule has 1 saturated heterocycles.